The highest BCUT2D eigenvalue weighted by Crippen LogP contribution is 2.33. The molecule has 0 spiro atoms. The van der Waals surface area contributed by atoms with Crippen molar-refractivity contribution in [2.45, 2.75) is 52.0 Å². The first kappa shape index (κ1) is 15.0. The van der Waals surface area contributed by atoms with Crippen LogP contribution in [0.25, 0.3) is 0 Å². The van der Waals surface area contributed by atoms with Crippen LogP contribution in [0, 0.1) is 0 Å². The van der Waals surface area contributed by atoms with Crippen LogP contribution < -0.4 is 10.2 Å². The molecular weight excluding hydrogens is 248 g/mol. The number of carbonyl (C=O) groups is 1. The van der Waals surface area contributed by atoms with Crippen LogP contribution in [0.2, 0.25) is 0 Å². The molecular formula is C17H26N2O. The van der Waals surface area contributed by atoms with Crippen molar-refractivity contribution in [3.63, 3.8) is 0 Å². The van der Waals surface area contributed by atoms with E-state index < -0.39 is 0 Å². The van der Waals surface area contributed by atoms with Crippen molar-refractivity contribution in [3.05, 3.63) is 29.8 Å². The van der Waals surface area contributed by atoms with Gasteiger partial charge in [-0.05, 0) is 43.9 Å². The van der Waals surface area contributed by atoms with Crippen molar-refractivity contribution in [1.29, 1.82) is 0 Å². The number of anilines is 1. The summed E-state index contributed by atoms with van der Waals surface area (Å²) >= 11 is 0. The van der Waals surface area contributed by atoms with Crippen LogP contribution in [0.15, 0.2) is 24.3 Å². The number of nitrogens with one attached hydrogen (secondary N) is 1. The van der Waals surface area contributed by atoms with Gasteiger partial charge in [-0.25, -0.2) is 0 Å². The van der Waals surface area contributed by atoms with Crippen LogP contribution in [0.4, 0.5) is 5.69 Å². The number of para-hydroxylation sites is 1. The molecule has 1 amide bonds. The van der Waals surface area contributed by atoms with Crippen LogP contribution in [0.3, 0.4) is 0 Å². The van der Waals surface area contributed by atoms with Gasteiger partial charge in [-0.3, -0.25) is 4.79 Å². The molecule has 0 aliphatic carbocycles. The first-order chi connectivity index (χ1) is 9.77. The Hall–Kier alpha value is -1.35. The Kier molecular flexibility index (Phi) is 5.60. The Morgan fingerprint density at radius 3 is 2.85 bits per heavy atom. The molecule has 0 fully saturated rings. The predicted octanol–water partition coefficient (Wildman–Crippen LogP) is 3.65. The monoisotopic (exact) mass is 274 g/mol. The fraction of sp³-hybridized carbons (Fsp3) is 0.588. The minimum absolute atomic E-state index is 0.260. The van der Waals surface area contributed by atoms with Gasteiger partial charge in [0.2, 0.25) is 5.91 Å². The third kappa shape index (κ3) is 3.40. The van der Waals surface area contributed by atoms with Gasteiger partial charge in [0.25, 0.3) is 0 Å². The molecule has 1 unspecified atom stereocenters. The second-order valence-corrected chi connectivity index (χ2v) is 5.50. The number of rotatable bonds is 5. The van der Waals surface area contributed by atoms with Gasteiger partial charge in [0.05, 0.1) is 0 Å². The van der Waals surface area contributed by atoms with Crippen LogP contribution >= 0.6 is 0 Å². The second kappa shape index (κ2) is 7.44. The molecule has 0 radical (unpaired) electrons. The number of carbonyl (C=O) groups excluding carboxylic acids is 1. The lowest BCUT2D eigenvalue weighted by atomic mass is 10.0. The highest BCUT2D eigenvalue weighted by molar-refractivity contribution is 5.94. The van der Waals surface area contributed by atoms with E-state index in [9.17, 15) is 4.79 Å². The van der Waals surface area contributed by atoms with Gasteiger partial charge in [-0.1, -0.05) is 32.0 Å². The van der Waals surface area contributed by atoms with Crippen LogP contribution in [-0.4, -0.2) is 19.0 Å². The number of amides is 1. The molecule has 2 rings (SSSR count). The molecule has 3 heteroatoms. The minimum atomic E-state index is 0.260. The first-order valence-corrected chi connectivity index (χ1v) is 7.90. The SMILES string of the molecule is CCCNC1CCCN(C(=O)CCC)c2ccccc21. The van der Waals surface area contributed by atoms with Crippen LogP contribution in [0.5, 0.6) is 0 Å². The van der Waals surface area contributed by atoms with E-state index in [-0.39, 0.29) is 5.91 Å². The summed E-state index contributed by atoms with van der Waals surface area (Å²) in [6.07, 6.45) is 4.85. The maximum atomic E-state index is 12.3. The van der Waals surface area contributed by atoms with Crippen molar-refractivity contribution in [1.82, 2.24) is 5.32 Å². The van der Waals surface area contributed by atoms with E-state index in [0.717, 1.165) is 44.5 Å². The molecule has 1 heterocycles. The average molecular weight is 274 g/mol. The van der Waals surface area contributed by atoms with Gasteiger partial charge in [-0.15, -0.1) is 0 Å². The van der Waals surface area contributed by atoms with Gasteiger partial charge in [0.15, 0.2) is 0 Å². The van der Waals surface area contributed by atoms with Crippen molar-refractivity contribution in [2.75, 3.05) is 18.0 Å². The minimum Gasteiger partial charge on any atom is -0.312 e. The van der Waals surface area contributed by atoms with E-state index in [4.69, 9.17) is 0 Å². The standard InChI is InChI=1S/C17H26N2O/c1-3-8-17(20)19-13-7-10-15(18-12-4-2)14-9-5-6-11-16(14)19/h5-6,9,11,15,18H,3-4,7-8,10,12-13H2,1-2H3. The Labute approximate surface area is 122 Å². The fourth-order valence-electron chi connectivity index (χ4n) is 2.90. The highest BCUT2D eigenvalue weighted by Gasteiger charge is 2.25. The Morgan fingerprint density at radius 1 is 1.30 bits per heavy atom. The normalized spacial score (nSPS) is 18.5. The summed E-state index contributed by atoms with van der Waals surface area (Å²) < 4.78 is 0. The summed E-state index contributed by atoms with van der Waals surface area (Å²) in [6, 6.07) is 8.75. The number of hydrogen-bond acceptors (Lipinski definition) is 2. The van der Waals surface area contributed by atoms with E-state index in [0.29, 0.717) is 12.5 Å². The number of fused-ring (bicyclic) bond motifs is 1. The number of hydrogen-bond donors (Lipinski definition) is 1. The maximum Gasteiger partial charge on any atom is 0.226 e. The van der Waals surface area contributed by atoms with E-state index in [1.807, 2.05) is 11.0 Å². The molecule has 1 atom stereocenters. The smallest absolute Gasteiger partial charge is 0.226 e. The molecule has 1 aromatic carbocycles. The van der Waals surface area contributed by atoms with Crippen molar-refractivity contribution < 1.29 is 4.79 Å². The zero-order valence-corrected chi connectivity index (χ0v) is 12.7. The maximum absolute atomic E-state index is 12.3. The average Bonchev–Trinajstić information content (AvgIpc) is 2.65. The molecule has 110 valence electrons. The lowest BCUT2D eigenvalue weighted by Gasteiger charge is -2.24. The molecule has 3 nitrogen and oxygen atoms in total. The lowest BCUT2D eigenvalue weighted by Crippen LogP contribution is -2.31. The summed E-state index contributed by atoms with van der Waals surface area (Å²) in [5.41, 5.74) is 2.39. The van der Waals surface area contributed by atoms with Gasteiger partial charge in [0, 0.05) is 24.7 Å². The summed E-state index contributed by atoms with van der Waals surface area (Å²) in [7, 11) is 0. The molecule has 0 aromatic heterocycles. The van der Waals surface area contributed by atoms with E-state index in [1.165, 1.54) is 5.56 Å². The zero-order chi connectivity index (χ0) is 14.4. The van der Waals surface area contributed by atoms with Crippen LogP contribution in [-0.2, 0) is 4.79 Å². The molecule has 0 saturated heterocycles. The van der Waals surface area contributed by atoms with Gasteiger partial charge in [0.1, 0.15) is 0 Å². The third-order valence-electron chi connectivity index (χ3n) is 3.88. The summed E-state index contributed by atoms with van der Waals surface area (Å²) in [4.78, 5) is 14.3. The lowest BCUT2D eigenvalue weighted by molar-refractivity contribution is -0.118. The summed E-state index contributed by atoms with van der Waals surface area (Å²) in [6.45, 7) is 6.13. The molecule has 1 aliphatic rings. The topological polar surface area (TPSA) is 32.3 Å². The largest absolute Gasteiger partial charge is 0.312 e. The van der Waals surface area contributed by atoms with E-state index >= 15 is 0 Å². The second-order valence-electron chi connectivity index (χ2n) is 5.50. The molecule has 0 bridgehead atoms. The first-order valence-electron chi connectivity index (χ1n) is 7.90. The molecule has 1 aromatic rings. The summed E-state index contributed by atoms with van der Waals surface area (Å²) in [5.74, 6) is 0.260. The van der Waals surface area contributed by atoms with E-state index in [1.54, 1.807) is 0 Å². The predicted molar refractivity (Wildman–Crippen MR) is 84.0 cm³/mol. The Morgan fingerprint density at radius 2 is 2.10 bits per heavy atom. The molecule has 20 heavy (non-hydrogen) atoms. The fourth-order valence-corrected chi connectivity index (χ4v) is 2.90. The highest BCUT2D eigenvalue weighted by atomic mass is 16.2. The zero-order valence-electron chi connectivity index (χ0n) is 12.7. The molecule has 0 saturated carbocycles. The Balaban J connectivity index is 2.27. The van der Waals surface area contributed by atoms with Gasteiger partial charge < -0.3 is 10.2 Å². The third-order valence-corrected chi connectivity index (χ3v) is 3.88. The van der Waals surface area contributed by atoms with Crippen molar-refractivity contribution >= 4 is 11.6 Å². The van der Waals surface area contributed by atoms with Gasteiger partial charge in [-0.2, -0.15) is 0 Å². The summed E-state index contributed by atoms with van der Waals surface area (Å²) in [5, 5.41) is 3.62. The molecule has 1 aliphatic heterocycles. The van der Waals surface area contributed by atoms with Crippen molar-refractivity contribution in [3.8, 4) is 0 Å². The Bertz CT molecular complexity index is 444. The van der Waals surface area contributed by atoms with Gasteiger partial charge >= 0.3 is 0 Å². The quantitative estimate of drug-likeness (QED) is 0.888. The van der Waals surface area contributed by atoms with Crippen LogP contribution in [0.1, 0.15) is 57.6 Å². The number of benzene rings is 1. The number of nitrogens with zero attached hydrogens (tertiary/aromatic N) is 1. The molecule has 1 N–H and O–H groups in total. The van der Waals surface area contributed by atoms with E-state index in [2.05, 4.69) is 37.4 Å². The van der Waals surface area contributed by atoms with Crippen molar-refractivity contribution in [2.24, 2.45) is 0 Å².